The zero-order chi connectivity index (χ0) is 12.1. The van der Waals surface area contributed by atoms with E-state index in [-0.39, 0.29) is 5.69 Å². The molecule has 17 heavy (non-hydrogen) atoms. The molecule has 0 aromatic carbocycles. The summed E-state index contributed by atoms with van der Waals surface area (Å²) in [6, 6.07) is 2.86. The highest BCUT2D eigenvalue weighted by molar-refractivity contribution is 5.44. The molecule has 0 amide bonds. The fourth-order valence-corrected chi connectivity index (χ4v) is 1.98. The van der Waals surface area contributed by atoms with E-state index in [1.165, 1.54) is 31.2 Å². The Morgan fingerprint density at radius 1 is 1.47 bits per heavy atom. The number of hydrogen-bond donors (Lipinski definition) is 1. The number of rotatable bonds is 5. The van der Waals surface area contributed by atoms with Crippen LogP contribution >= 0.6 is 0 Å². The molecule has 0 aliphatic carbocycles. The summed E-state index contributed by atoms with van der Waals surface area (Å²) in [5, 5.41) is 13.7. The lowest BCUT2D eigenvalue weighted by Gasteiger charge is -2.14. The Morgan fingerprint density at radius 3 is 2.94 bits per heavy atom. The number of nitrogens with zero attached hydrogens (tertiary/aromatic N) is 3. The summed E-state index contributed by atoms with van der Waals surface area (Å²) in [5.74, 6) is 0.568. The van der Waals surface area contributed by atoms with Crippen molar-refractivity contribution in [2.24, 2.45) is 0 Å². The van der Waals surface area contributed by atoms with Crippen LogP contribution in [-0.2, 0) is 0 Å². The molecular formula is C11H16N4O2. The van der Waals surface area contributed by atoms with E-state index in [1.54, 1.807) is 0 Å². The third-order valence-electron chi connectivity index (χ3n) is 2.89. The van der Waals surface area contributed by atoms with Crippen LogP contribution in [0.5, 0.6) is 0 Å². The predicted octanol–water partition coefficient (Wildman–Crippen LogP) is 1.50. The number of pyridine rings is 1. The third-order valence-corrected chi connectivity index (χ3v) is 2.89. The minimum Gasteiger partial charge on any atom is -0.369 e. The summed E-state index contributed by atoms with van der Waals surface area (Å²) in [6.07, 6.45) is 4.00. The van der Waals surface area contributed by atoms with Gasteiger partial charge in [0.15, 0.2) is 0 Å². The van der Waals surface area contributed by atoms with E-state index < -0.39 is 4.92 Å². The smallest absolute Gasteiger partial charge is 0.274 e. The average molecular weight is 236 g/mol. The second kappa shape index (κ2) is 5.58. The van der Waals surface area contributed by atoms with Crippen LogP contribution in [0, 0.1) is 10.1 Å². The summed E-state index contributed by atoms with van der Waals surface area (Å²) in [6.45, 7) is 4.05. The molecule has 0 unspecified atom stereocenters. The minimum atomic E-state index is -0.409. The summed E-state index contributed by atoms with van der Waals surface area (Å²) >= 11 is 0. The zero-order valence-electron chi connectivity index (χ0n) is 9.63. The second-order valence-electron chi connectivity index (χ2n) is 4.13. The number of aromatic nitrogens is 1. The summed E-state index contributed by atoms with van der Waals surface area (Å²) in [5.41, 5.74) is 0.0728. The Bertz CT molecular complexity index is 391. The van der Waals surface area contributed by atoms with Gasteiger partial charge in [0.2, 0.25) is 0 Å². The van der Waals surface area contributed by atoms with Gasteiger partial charge in [-0.1, -0.05) is 0 Å². The Morgan fingerprint density at radius 2 is 2.24 bits per heavy atom. The molecule has 92 valence electrons. The van der Waals surface area contributed by atoms with Gasteiger partial charge in [-0.3, -0.25) is 10.1 Å². The van der Waals surface area contributed by atoms with Crippen LogP contribution in [0.25, 0.3) is 0 Å². The molecule has 1 aromatic rings. The predicted molar refractivity (Wildman–Crippen MR) is 65.1 cm³/mol. The van der Waals surface area contributed by atoms with Crippen molar-refractivity contribution in [3.05, 3.63) is 28.4 Å². The SMILES string of the molecule is O=[N+]([O-])c1ccnc(NCCN2CCCC2)c1. The third kappa shape index (κ3) is 3.39. The topological polar surface area (TPSA) is 71.3 Å². The van der Waals surface area contributed by atoms with Crippen molar-refractivity contribution in [1.82, 2.24) is 9.88 Å². The summed E-state index contributed by atoms with van der Waals surface area (Å²) in [4.78, 5) is 16.6. The van der Waals surface area contributed by atoms with Crippen molar-refractivity contribution in [3.63, 3.8) is 0 Å². The molecule has 2 rings (SSSR count). The molecule has 1 N–H and O–H groups in total. The van der Waals surface area contributed by atoms with Crippen LogP contribution in [0.3, 0.4) is 0 Å². The monoisotopic (exact) mass is 236 g/mol. The van der Waals surface area contributed by atoms with Crippen molar-refractivity contribution < 1.29 is 4.92 Å². The minimum absolute atomic E-state index is 0.0728. The molecular weight excluding hydrogens is 220 g/mol. The second-order valence-corrected chi connectivity index (χ2v) is 4.13. The van der Waals surface area contributed by atoms with Gasteiger partial charge in [-0.15, -0.1) is 0 Å². The summed E-state index contributed by atoms with van der Waals surface area (Å²) in [7, 11) is 0. The van der Waals surface area contributed by atoms with E-state index in [1.807, 2.05) is 0 Å². The number of anilines is 1. The molecule has 1 aliphatic rings. The van der Waals surface area contributed by atoms with E-state index in [9.17, 15) is 10.1 Å². The van der Waals surface area contributed by atoms with Gasteiger partial charge in [0.25, 0.3) is 5.69 Å². The van der Waals surface area contributed by atoms with Gasteiger partial charge in [0.05, 0.1) is 11.0 Å². The Labute approximate surface area is 99.8 Å². The van der Waals surface area contributed by atoms with Crippen LogP contribution in [-0.4, -0.2) is 41.0 Å². The molecule has 1 aliphatic heterocycles. The molecule has 0 radical (unpaired) electrons. The standard InChI is InChI=1S/C11H16N4O2/c16-15(17)10-3-4-12-11(9-10)13-5-8-14-6-1-2-7-14/h3-4,9H,1-2,5-8H2,(H,12,13). The Kier molecular flexibility index (Phi) is 3.87. The van der Waals surface area contributed by atoms with E-state index in [0.717, 1.165) is 26.2 Å². The van der Waals surface area contributed by atoms with Gasteiger partial charge in [0, 0.05) is 25.4 Å². The van der Waals surface area contributed by atoms with Crippen LogP contribution in [0.1, 0.15) is 12.8 Å². The van der Waals surface area contributed by atoms with Crippen molar-refractivity contribution in [1.29, 1.82) is 0 Å². The Balaban J connectivity index is 1.81. The lowest BCUT2D eigenvalue weighted by atomic mass is 10.4. The van der Waals surface area contributed by atoms with E-state index in [2.05, 4.69) is 15.2 Å². The quantitative estimate of drug-likeness (QED) is 0.619. The first-order valence-corrected chi connectivity index (χ1v) is 5.82. The molecule has 1 fully saturated rings. The number of hydrogen-bond acceptors (Lipinski definition) is 5. The van der Waals surface area contributed by atoms with Crippen molar-refractivity contribution in [3.8, 4) is 0 Å². The fourth-order valence-electron chi connectivity index (χ4n) is 1.98. The molecule has 0 bridgehead atoms. The Hall–Kier alpha value is -1.69. The maximum absolute atomic E-state index is 10.6. The van der Waals surface area contributed by atoms with E-state index >= 15 is 0 Å². The lowest BCUT2D eigenvalue weighted by molar-refractivity contribution is -0.384. The summed E-state index contributed by atoms with van der Waals surface area (Å²) < 4.78 is 0. The van der Waals surface area contributed by atoms with Crippen molar-refractivity contribution in [2.75, 3.05) is 31.5 Å². The van der Waals surface area contributed by atoms with Crippen molar-refractivity contribution in [2.45, 2.75) is 12.8 Å². The first-order valence-electron chi connectivity index (χ1n) is 5.82. The zero-order valence-corrected chi connectivity index (χ0v) is 9.63. The van der Waals surface area contributed by atoms with Gasteiger partial charge in [-0.05, 0) is 25.9 Å². The first-order chi connectivity index (χ1) is 8.25. The molecule has 2 heterocycles. The van der Waals surface area contributed by atoms with Crippen LogP contribution in [0.4, 0.5) is 11.5 Å². The molecule has 6 nitrogen and oxygen atoms in total. The highest BCUT2D eigenvalue weighted by Gasteiger charge is 2.11. The molecule has 1 saturated heterocycles. The highest BCUT2D eigenvalue weighted by atomic mass is 16.6. The van der Waals surface area contributed by atoms with Gasteiger partial charge < -0.3 is 10.2 Å². The number of nitro groups is 1. The van der Waals surface area contributed by atoms with Gasteiger partial charge in [0.1, 0.15) is 5.82 Å². The molecule has 0 spiro atoms. The average Bonchev–Trinajstić information content (AvgIpc) is 2.82. The number of likely N-dealkylation sites (tertiary alicyclic amines) is 1. The first kappa shape index (κ1) is 11.8. The maximum Gasteiger partial charge on any atom is 0.274 e. The van der Waals surface area contributed by atoms with Gasteiger partial charge in [-0.25, -0.2) is 4.98 Å². The van der Waals surface area contributed by atoms with Crippen LogP contribution in [0.2, 0.25) is 0 Å². The van der Waals surface area contributed by atoms with Crippen molar-refractivity contribution >= 4 is 11.5 Å². The van der Waals surface area contributed by atoms with E-state index in [0.29, 0.717) is 5.82 Å². The van der Waals surface area contributed by atoms with Crippen LogP contribution < -0.4 is 5.32 Å². The molecule has 0 atom stereocenters. The largest absolute Gasteiger partial charge is 0.369 e. The highest BCUT2D eigenvalue weighted by Crippen LogP contribution is 2.14. The molecule has 6 heteroatoms. The number of nitrogens with one attached hydrogen (secondary N) is 1. The van der Waals surface area contributed by atoms with Gasteiger partial charge >= 0.3 is 0 Å². The molecule has 1 aromatic heterocycles. The maximum atomic E-state index is 10.6. The van der Waals surface area contributed by atoms with Gasteiger partial charge in [-0.2, -0.15) is 0 Å². The fraction of sp³-hybridized carbons (Fsp3) is 0.545. The van der Waals surface area contributed by atoms with E-state index in [4.69, 9.17) is 0 Å². The molecule has 0 saturated carbocycles. The lowest BCUT2D eigenvalue weighted by Crippen LogP contribution is -2.26. The van der Waals surface area contributed by atoms with Crippen LogP contribution in [0.15, 0.2) is 18.3 Å². The normalized spacial score (nSPS) is 16.0.